The third kappa shape index (κ3) is 8.90. The lowest BCUT2D eigenvalue weighted by molar-refractivity contribution is -0.140. The van der Waals surface area contributed by atoms with Crippen LogP contribution < -0.4 is 19.1 Å². The monoisotopic (exact) mass is 627 g/mol. The fraction of sp³-hybridized carbons (Fsp3) is 0.375. The zero-order valence-electron chi connectivity index (χ0n) is 25.6. The minimum Gasteiger partial charge on any atom is -0.497 e. The predicted molar refractivity (Wildman–Crippen MR) is 171 cm³/mol. The first-order chi connectivity index (χ1) is 20.5. The van der Waals surface area contributed by atoms with Gasteiger partial charge in [0.25, 0.3) is 10.0 Å². The summed E-state index contributed by atoms with van der Waals surface area (Å²) in [5, 5.41) is 2.90. The quantitative estimate of drug-likeness (QED) is 0.227. The van der Waals surface area contributed by atoms with Crippen molar-refractivity contribution in [3.8, 4) is 11.5 Å². The Balaban J connectivity index is 2.08. The van der Waals surface area contributed by atoms with Gasteiger partial charge in [-0.1, -0.05) is 19.1 Å². The molecule has 0 aliphatic carbocycles. The first-order valence-corrected chi connectivity index (χ1v) is 16.8. The molecule has 43 heavy (non-hydrogen) atoms. The number of nitrogens with zero attached hydrogens (tertiary/aromatic N) is 2. The molecule has 0 unspecified atom stereocenters. The number of hydrogen-bond acceptors (Lipinski definition) is 7. The number of thioether (sulfide) groups is 1. The number of hydrogen-bond donors (Lipinski definition) is 1. The third-order valence-corrected chi connectivity index (χ3v) is 9.20. The van der Waals surface area contributed by atoms with Crippen molar-refractivity contribution in [3.63, 3.8) is 0 Å². The largest absolute Gasteiger partial charge is 0.497 e. The molecule has 2 amide bonds. The lowest BCUT2D eigenvalue weighted by atomic mass is 10.1. The van der Waals surface area contributed by atoms with Gasteiger partial charge in [0.2, 0.25) is 11.8 Å². The van der Waals surface area contributed by atoms with Gasteiger partial charge in [0, 0.05) is 17.5 Å². The molecule has 0 heterocycles. The van der Waals surface area contributed by atoms with Crippen molar-refractivity contribution in [1.29, 1.82) is 0 Å². The molecule has 0 bridgehead atoms. The van der Waals surface area contributed by atoms with Crippen molar-refractivity contribution in [3.05, 3.63) is 78.4 Å². The molecule has 3 rings (SSSR count). The van der Waals surface area contributed by atoms with Gasteiger partial charge in [0.15, 0.2) is 0 Å². The maximum Gasteiger partial charge on any atom is 0.264 e. The second kappa shape index (κ2) is 15.7. The Morgan fingerprint density at radius 3 is 2.19 bits per heavy atom. The number of benzene rings is 3. The lowest BCUT2D eigenvalue weighted by Crippen LogP contribution is -2.53. The minimum absolute atomic E-state index is 0.0518. The summed E-state index contributed by atoms with van der Waals surface area (Å²) in [6.07, 6.45) is 2.24. The standard InChI is InChI=1S/C32H41N3O6S2/c1-7-30(32(37)33-23(3)4)34(21-24-10-9-11-27(20-24)40-5)31(36)22-35(25-12-14-26(15-13-25)41-8-2)43(38,39)29-18-16-28(42-6)17-19-29/h9-20,23,30H,7-8,21-22H2,1-6H3,(H,33,37)/t30-/m1/s1. The molecule has 1 atom stereocenters. The Labute approximate surface area is 259 Å². The first-order valence-electron chi connectivity index (χ1n) is 14.2. The molecule has 3 aromatic rings. The second-order valence-electron chi connectivity index (χ2n) is 10.1. The minimum atomic E-state index is -4.17. The van der Waals surface area contributed by atoms with Crippen LogP contribution in [0.25, 0.3) is 0 Å². The van der Waals surface area contributed by atoms with Crippen molar-refractivity contribution in [1.82, 2.24) is 10.2 Å². The summed E-state index contributed by atoms with van der Waals surface area (Å²) in [6.45, 7) is 7.40. The van der Waals surface area contributed by atoms with Crippen LogP contribution in [0.3, 0.4) is 0 Å². The molecule has 1 N–H and O–H groups in total. The van der Waals surface area contributed by atoms with Crippen LogP contribution in [-0.4, -0.2) is 63.7 Å². The van der Waals surface area contributed by atoms with Gasteiger partial charge in [0.1, 0.15) is 24.1 Å². The highest BCUT2D eigenvalue weighted by Gasteiger charge is 2.34. The van der Waals surface area contributed by atoms with E-state index in [1.54, 1.807) is 61.7 Å². The van der Waals surface area contributed by atoms with Crippen LogP contribution in [0, 0.1) is 0 Å². The van der Waals surface area contributed by atoms with Crippen molar-refractivity contribution in [2.45, 2.75) is 62.5 Å². The molecule has 3 aromatic carbocycles. The Kier molecular flexibility index (Phi) is 12.3. The smallest absolute Gasteiger partial charge is 0.264 e. The summed E-state index contributed by atoms with van der Waals surface area (Å²) >= 11 is 1.50. The van der Waals surface area contributed by atoms with Crippen LogP contribution >= 0.6 is 11.8 Å². The molecule has 0 saturated carbocycles. The number of methoxy groups -OCH3 is 1. The number of sulfonamides is 1. The van der Waals surface area contributed by atoms with Gasteiger partial charge in [0.05, 0.1) is 24.3 Å². The van der Waals surface area contributed by atoms with Crippen LogP contribution in [0.15, 0.2) is 82.6 Å². The van der Waals surface area contributed by atoms with Gasteiger partial charge >= 0.3 is 0 Å². The van der Waals surface area contributed by atoms with Crippen LogP contribution in [0.4, 0.5) is 5.69 Å². The SMILES string of the molecule is CCOc1ccc(N(CC(=O)N(Cc2cccc(OC)c2)[C@H](CC)C(=O)NC(C)C)S(=O)(=O)c2ccc(SC)cc2)cc1. The van der Waals surface area contributed by atoms with E-state index in [4.69, 9.17) is 9.47 Å². The summed E-state index contributed by atoms with van der Waals surface area (Å²) in [6, 6.07) is 19.4. The number of anilines is 1. The van der Waals surface area contributed by atoms with Gasteiger partial charge in [-0.25, -0.2) is 8.42 Å². The predicted octanol–water partition coefficient (Wildman–Crippen LogP) is 5.34. The summed E-state index contributed by atoms with van der Waals surface area (Å²) in [5.74, 6) is 0.357. The summed E-state index contributed by atoms with van der Waals surface area (Å²) < 4.78 is 40.2. The zero-order chi connectivity index (χ0) is 31.6. The Morgan fingerprint density at radius 1 is 0.953 bits per heavy atom. The molecule has 0 aromatic heterocycles. The Hall–Kier alpha value is -3.70. The number of ether oxygens (including phenoxy) is 2. The molecule has 0 radical (unpaired) electrons. The van der Waals surface area contributed by atoms with Crippen molar-refractivity contribution < 1.29 is 27.5 Å². The van der Waals surface area contributed by atoms with Gasteiger partial charge < -0.3 is 19.7 Å². The van der Waals surface area contributed by atoms with Crippen LogP contribution in [-0.2, 0) is 26.2 Å². The molecule has 0 fully saturated rings. The van der Waals surface area contributed by atoms with Crippen molar-refractivity contribution in [2.24, 2.45) is 0 Å². The molecule has 9 nitrogen and oxygen atoms in total. The van der Waals surface area contributed by atoms with E-state index in [2.05, 4.69) is 5.32 Å². The average Bonchev–Trinajstić information content (AvgIpc) is 3.00. The fourth-order valence-corrected chi connectivity index (χ4v) is 6.37. The molecular formula is C32H41N3O6S2. The normalized spacial score (nSPS) is 12.0. The molecule has 0 spiro atoms. The average molecular weight is 628 g/mol. The highest BCUT2D eigenvalue weighted by Crippen LogP contribution is 2.28. The van der Waals surface area contributed by atoms with Gasteiger partial charge in [-0.05, 0) is 99.7 Å². The van der Waals surface area contributed by atoms with Gasteiger partial charge in [-0.15, -0.1) is 11.8 Å². The van der Waals surface area contributed by atoms with E-state index in [1.807, 2.05) is 40.0 Å². The molecule has 0 aliphatic heterocycles. The summed E-state index contributed by atoms with van der Waals surface area (Å²) in [4.78, 5) is 29.9. The Morgan fingerprint density at radius 2 is 1.63 bits per heavy atom. The lowest BCUT2D eigenvalue weighted by Gasteiger charge is -2.33. The first kappa shape index (κ1) is 33.8. The van der Waals surface area contributed by atoms with E-state index < -0.39 is 28.5 Å². The van der Waals surface area contributed by atoms with E-state index in [1.165, 1.54) is 28.8 Å². The molecular weight excluding hydrogens is 587 g/mol. The van der Waals surface area contributed by atoms with E-state index in [-0.39, 0.29) is 23.4 Å². The molecule has 0 saturated heterocycles. The van der Waals surface area contributed by atoms with E-state index in [9.17, 15) is 18.0 Å². The van der Waals surface area contributed by atoms with E-state index in [0.717, 1.165) is 14.8 Å². The third-order valence-electron chi connectivity index (χ3n) is 6.67. The second-order valence-corrected chi connectivity index (χ2v) is 12.8. The van der Waals surface area contributed by atoms with Crippen LogP contribution in [0.1, 0.15) is 39.7 Å². The van der Waals surface area contributed by atoms with Gasteiger partial charge in [-0.2, -0.15) is 0 Å². The Bertz CT molecular complexity index is 1460. The maximum atomic E-state index is 14.2. The zero-order valence-corrected chi connectivity index (χ0v) is 27.2. The number of carbonyl (C=O) groups is 2. The molecule has 11 heteroatoms. The number of nitrogens with one attached hydrogen (secondary N) is 1. The summed E-state index contributed by atoms with van der Waals surface area (Å²) in [5.41, 5.74) is 1.04. The van der Waals surface area contributed by atoms with Gasteiger partial charge in [-0.3, -0.25) is 13.9 Å². The highest BCUT2D eigenvalue weighted by atomic mass is 32.2. The molecule has 0 aliphatic rings. The highest BCUT2D eigenvalue weighted by molar-refractivity contribution is 7.98. The number of rotatable bonds is 15. The summed E-state index contributed by atoms with van der Waals surface area (Å²) in [7, 11) is -2.62. The van der Waals surface area contributed by atoms with E-state index in [0.29, 0.717) is 30.2 Å². The topological polar surface area (TPSA) is 105 Å². The number of amides is 2. The fourth-order valence-electron chi connectivity index (χ4n) is 4.55. The molecule has 232 valence electrons. The van der Waals surface area contributed by atoms with Crippen molar-refractivity contribution in [2.75, 3.05) is 30.8 Å². The maximum absolute atomic E-state index is 14.2. The van der Waals surface area contributed by atoms with E-state index >= 15 is 0 Å². The van der Waals surface area contributed by atoms with Crippen LogP contribution in [0.2, 0.25) is 0 Å². The van der Waals surface area contributed by atoms with Crippen molar-refractivity contribution >= 4 is 39.3 Å². The number of carbonyl (C=O) groups excluding carboxylic acids is 2. The van der Waals surface area contributed by atoms with Crippen LogP contribution in [0.5, 0.6) is 11.5 Å².